The van der Waals surface area contributed by atoms with Crippen LogP contribution < -0.4 is 15.5 Å². The SMILES string of the molecule is CN(C)c1cccc(NC(=O)C(=O)Nc2ccccc2Sc2ccccc2)c1. The molecule has 6 heteroatoms. The minimum absolute atomic E-state index is 0.568. The molecule has 3 rings (SSSR count). The lowest BCUT2D eigenvalue weighted by molar-refractivity contribution is -0.133. The second kappa shape index (κ2) is 9.10. The van der Waals surface area contributed by atoms with E-state index in [9.17, 15) is 9.59 Å². The van der Waals surface area contributed by atoms with Crippen molar-refractivity contribution >= 4 is 40.6 Å². The van der Waals surface area contributed by atoms with Crippen LogP contribution in [0.1, 0.15) is 0 Å². The quantitative estimate of drug-likeness (QED) is 0.630. The smallest absolute Gasteiger partial charge is 0.314 e. The van der Waals surface area contributed by atoms with Crippen molar-refractivity contribution in [3.05, 3.63) is 78.9 Å². The fraction of sp³-hybridized carbons (Fsp3) is 0.0909. The molecule has 0 saturated carbocycles. The van der Waals surface area contributed by atoms with Crippen LogP contribution in [-0.2, 0) is 9.59 Å². The Bertz CT molecular complexity index is 974. The predicted octanol–water partition coefficient (Wildman–Crippen LogP) is 4.48. The monoisotopic (exact) mass is 391 g/mol. The molecule has 5 nitrogen and oxygen atoms in total. The number of carbonyl (C=O) groups is 2. The first kappa shape index (κ1) is 19.5. The van der Waals surface area contributed by atoms with Gasteiger partial charge in [-0.3, -0.25) is 9.59 Å². The Morgan fingerprint density at radius 2 is 1.46 bits per heavy atom. The number of anilines is 3. The van der Waals surface area contributed by atoms with Crippen LogP contribution in [0.4, 0.5) is 17.1 Å². The number of carbonyl (C=O) groups excluding carboxylic acids is 2. The second-order valence-corrected chi connectivity index (χ2v) is 7.38. The number of rotatable bonds is 5. The average molecular weight is 391 g/mol. The molecule has 0 spiro atoms. The standard InChI is InChI=1S/C22H21N3O2S/c1-25(2)17-10-8-9-16(15-17)23-21(26)22(27)24-19-13-6-7-14-20(19)28-18-11-4-3-5-12-18/h3-15H,1-2H3,(H,23,26)(H,24,27). The van der Waals surface area contributed by atoms with Crippen molar-refractivity contribution in [1.29, 1.82) is 0 Å². The van der Waals surface area contributed by atoms with Crippen LogP contribution >= 0.6 is 11.8 Å². The Kier molecular flexibility index (Phi) is 6.34. The van der Waals surface area contributed by atoms with Crippen molar-refractivity contribution in [2.75, 3.05) is 29.6 Å². The lowest BCUT2D eigenvalue weighted by Crippen LogP contribution is -2.29. The highest BCUT2D eigenvalue weighted by atomic mass is 32.2. The molecule has 3 aromatic rings. The van der Waals surface area contributed by atoms with Gasteiger partial charge in [-0.05, 0) is 42.5 Å². The van der Waals surface area contributed by atoms with Crippen molar-refractivity contribution in [2.24, 2.45) is 0 Å². The number of nitrogens with one attached hydrogen (secondary N) is 2. The molecular weight excluding hydrogens is 370 g/mol. The van der Waals surface area contributed by atoms with Crippen molar-refractivity contribution < 1.29 is 9.59 Å². The summed E-state index contributed by atoms with van der Waals surface area (Å²) in [6, 6.07) is 24.6. The molecule has 0 aliphatic carbocycles. The van der Waals surface area contributed by atoms with Crippen LogP contribution in [0, 0.1) is 0 Å². The maximum Gasteiger partial charge on any atom is 0.314 e. The first-order chi connectivity index (χ1) is 13.5. The van der Waals surface area contributed by atoms with Crippen LogP contribution in [0.5, 0.6) is 0 Å². The summed E-state index contributed by atoms with van der Waals surface area (Å²) >= 11 is 1.53. The molecule has 3 aromatic carbocycles. The van der Waals surface area contributed by atoms with Gasteiger partial charge in [-0.1, -0.05) is 48.2 Å². The van der Waals surface area contributed by atoms with Crippen molar-refractivity contribution in [3.63, 3.8) is 0 Å². The van der Waals surface area contributed by atoms with Gasteiger partial charge in [-0.25, -0.2) is 0 Å². The Balaban J connectivity index is 1.69. The molecule has 2 amide bonds. The molecule has 2 N–H and O–H groups in total. The second-order valence-electron chi connectivity index (χ2n) is 6.26. The minimum Gasteiger partial charge on any atom is -0.378 e. The highest BCUT2D eigenvalue weighted by molar-refractivity contribution is 7.99. The zero-order chi connectivity index (χ0) is 19.9. The van der Waals surface area contributed by atoms with Crippen LogP contribution in [0.25, 0.3) is 0 Å². The molecule has 0 aliphatic heterocycles. The third kappa shape index (κ3) is 5.14. The summed E-state index contributed by atoms with van der Waals surface area (Å²) in [5, 5.41) is 5.35. The molecule has 0 bridgehead atoms. The average Bonchev–Trinajstić information content (AvgIpc) is 2.70. The van der Waals surface area contributed by atoms with Gasteiger partial charge in [0.15, 0.2) is 0 Å². The summed E-state index contributed by atoms with van der Waals surface area (Å²) in [7, 11) is 3.82. The Morgan fingerprint density at radius 3 is 2.21 bits per heavy atom. The van der Waals surface area contributed by atoms with Gasteiger partial charge in [-0.2, -0.15) is 0 Å². The van der Waals surface area contributed by atoms with Gasteiger partial charge in [-0.15, -0.1) is 0 Å². The van der Waals surface area contributed by atoms with Gasteiger partial charge in [0.2, 0.25) is 0 Å². The maximum atomic E-state index is 12.4. The molecule has 0 fully saturated rings. The zero-order valence-electron chi connectivity index (χ0n) is 15.7. The Morgan fingerprint density at radius 1 is 0.786 bits per heavy atom. The first-order valence-electron chi connectivity index (χ1n) is 8.74. The summed E-state index contributed by atoms with van der Waals surface area (Å²) in [5.74, 6) is -1.42. The van der Waals surface area contributed by atoms with Crippen LogP contribution in [0.3, 0.4) is 0 Å². The molecule has 28 heavy (non-hydrogen) atoms. The van der Waals surface area contributed by atoms with Crippen molar-refractivity contribution in [3.8, 4) is 0 Å². The van der Waals surface area contributed by atoms with Crippen molar-refractivity contribution in [2.45, 2.75) is 9.79 Å². The number of benzene rings is 3. The predicted molar refractivity (Wildman–Crippen MR) is 115 cm³/mol. The molecule has 0 heterocycles. The number of para-hydroxylation sites is 1. The summed E-state index contributed by atoms with van der Waals surface area (Å²) in [5.41, 5.74) is 2.10. The summed E-state index contributed by atoms with van der Waals surface area (Å²) in [6.45, 7) is 0. The molecule has 0 saturated heterocycles. The number of amides is 2. The van der Waals surface area contributed by atoms with E-state index in [4.69, 9.17) is 0 Å². The number of hydrogen-bond donors (Lipinski definition) is 2. The van der Waals surface area contributed by atoms with Gasteiger partial charge in [0.25, 0.3) is 0 Å². The third-order valence-corrected chi connectivity index (χ3v) is 5.02. The maximum absolute atomic E-state index is 12.4. The van der Waals surface area contributed by atoms with Gasteiger partial charge in [0.05, 0.1) is 5.69 Å². The summed E-state index contributed by atoms with van der Waals surface area (Å²) in [4.78, 5) is 28.6. The fourth-order valence-corrected chi connectivity index (χ4v) is 3.43. The third-order valence-electron chi connectivity index (χ3n) is 3.93. The molecule has 142 valence electrons. The van der Waals surface area contributed by atoms with Gasteiger partial charge < -0.3 is 15.5 Å². The largest absolute Gasteiger partial charge is 0.378 e. The van der Waals surface area contributed by atoms with Crippen LogP contribution in [-0.4, -0.2) is 25.9 Å². The zero-order valence-corrected chi connectivity index (χ0v) is 16.5. The fourth-order valence-electron chi connectivity index (χ4n) is 2.50. The van der Waals surface area contributed by atoms with E-state index in [0.717, 1.165) is 15.5 Å². The number of hydrogen-bond acceptors (Lipinski definition) is 4. The van der Waals surface area contributed by atoms with E-state index >= 15 is 0 Å². The topological polar surface area (TPSA) is 61.4 Å². The van der Waals surface area contributed by atoms with Gasteiger partial charge >= 0.3 is 11.8 Å². The van der Waals surface area contributed by atoms with E-state index in [1.807, 2.05) is 85.7 Å². The van der Waals surface area contributed by atoms with E-state index in [1.165, 1.54) is 11.8 Å². The molecule has 0 unspecified atom stereocenters. The summed E-state index contributed by atoms with van der Waals surface area (Å²) in [6.07, 6.45) is 0. The molecule has 0 radical (unpaired) electrons. The highest BCUT2D eigenvalue weighted by Crippen LogP contribution is 2.33. The lowest BCUT2D eigenvalue weighted by Gasteiger charge is -2.14. The Hall–Kier alpha value is -3.25. The molecule has 0 aromatic heterocycles. The van der Waals surface area contributed by atoms with E-state index in [2.05, 4.69) is 10.6 Å². The number of nitrogens with zero attached hydrogens (tertiary/aromatic N) is 1. The molecule has 0 atom stereocenters. The van der Waals surface area contributed by atoms with Gasteiger partial charge in [0, 0.05) is 35.3 Å². The van der Waals surface area contributed by atoms with E-state index in [-0.39, 0.29) is 0 Å². The molecular formula is C22H21N3O2S. The minimum atomic E-state index is -0.713. The lowest BCUT2D eigenvalue weighted by atomic mass is 10.2. The normalized spacial score (nSPS) is 10.2. The van der Waals surface area contributed by atoms with Gasteiger partial charge in [0.1, 0.15) is 0 Å². The first-order valence-corrected chi connectivity index (χ1v) is 9.56. The van der Waals surface area contributed by atoms with E-state index in [1.54, 1.807) is 12.1 Å². The van der Waals surface area contributed by atoms with Crippen LogP contribution in [0.2, 0.25) is 0 Å². The van der Waals surface area contributed by atoms with E-state index < -0.39 is 11.8 Å². The Labute approximate surface area is 168 Å². The highest BCUT2D eigenvalue weighted by Gasteiger charge is 2.16. The van der Waals surface area contributed by atoms with E-state index in [0.29, 0.717) is 11.4 Å². The van der Waals surface area contributed by atoms with Crippen molar-refractivity contribution in [1.82, 2.24) is 0 Å². The summed E-state index contributed by atoms with van der Waals surface area (Å²) < 4.78 is 0. The van der Waals surface area contributed by atoms with Crippen LogP contribution in [0.15, 0.2) is 88.7 Å². The molecule has 0 aliphatic rings.